The van der Waals surface area contributed by atoms with E-state index in [4.69, 9.17) is 0 Å². The Balaban J connectivity index is 2.21. The third kappa shape index (κ3) is 2.74. The average molecular weight is 252 g/mol. The molecule has 2 amide bonds. The smallest absolute Gasteiger partial charge is 0.229 e. The van der Waals surface area contributed by atoms with Crippen molar-refractivity contribution in [3.8, 4) is 0 Å². The van der Waals surface area contributed by atoms with Crippen molar-refractivity contribution in [1.82, 2.24) is 10.2 Å². The second-order valence-electron chi connectivity index (χ2n) is 6.97. The molecule has 4 heteroatoms. The van der Waals surface area contributed by atoms with Crippen molar-refractivity contribution in [3.63, 3.8) is 0 Å². The number of rotatable bonds is 1. The topological polar surface area (TPSA) is 49.4 Å². The molecule has 0 aromatic rings. The van der Waals surface area contributed by atoms with Crippen LogP contribution in [0.5, 0.6) is 0 Å². The van der Waals surface area contributed by atoms with Gasteiger partial charge in [0.2, 0.25) is 11.8 Å². The molecule has 0 atom stereocenters. The molecule has 1 N–H and O–H groups in total. The summed E-state index contributed by atoms with van der Waals surface area (Å²) in [4.78, 5) is 25.6. The number of carbonyl (C=O) groups excluding carboxylic acids is 2. The first-order valence-corrected chi connectivity index (χ1v) is 6.84. The van der Waals surface area contributed by atoms with Gasteiger partial charge in [0.1, 0.15) is 0 Å². The number of hydrogen-bond donors (Lipinski definition) is 1. The molecular formula is C14H24N2O2. The Morgan fingerprint density at radius 2 is 1.44 bits per heavy atom. The van der Waals surface area contributed by atoms with Crippen LogP contribution in [0.25, 0.3) is 0 Å². The highest BCUT2D eigenvalue weighted by atomic mass is 16.2. The van der Waals surface area contributed by atoms with E-state index >= 15 is 0 Å². The molecule has 4 nitrogen and oxygen atoms in total. The van der Waals surface area contributed by atoms with E-state index in [-0.39, 0.29) is 28.9 Å². The van der Waals surface area contributed by atoms with Crippen LogP contribution in [-0.4, -0.2) is 33.8 Å². The summed E-state index contributed by atoms with van der Waals surface area (Å²) in [5.74, 6) is 0.0366. The number of hydrogen-bond acceptors (Lipinski definition) is 3. The minimum absolute atomic E-state index is 0.0183. The summed E-state index contributed by atoms with van der Waals surface area (Å²) in [7, 11) is 0. The van der Waals surface area contributed by atoms with Gasteiger partial charge in [-0.3, -0.25) is 14.5 Å². The van der Waals surface area contributed by atoms with Crippen LogP contribution in [0.3, 0.4) is 0 Å². The van der Waals surface area contributed by atoms with E-state index < -0.39 is 0 Å². The van der Waals surface area contributed by atoms with Crippen LogP contribution in [0, 0.1) is 0 Å². The van der Waals surface area contributed by atoms with E-state index in [1.165, 1.54) is 0 Å². The van der Waals surface area contributed by atoms with Crippen molar-refractivity contribution in [2.45, 2.75) is 76.9 Å². The molecule has 18 heavy (non-hydrogen) atoms. The minimum Gasteiger partial charge on any atom is -0.307 e. The van der Waals surface area contributed by atoms with Gasteiger partial charge in [0.15, 0.2) is 0 Å². The zero-order valence-corrected chi connectivity index (χ0v) is 11.9. The van der Waals surface area contributed by atoms with Crippen LogP contribution < -0.4 is 5.32 Å². The summed E-state index contributed by atoms with van der Waals surface area (Å²) in [5.41, 5.74) is -0.0746. The molecule has 0 spiro atoms. The molecule has 0 aromatic carbocycles. The Morgan fingerprint density at radius 3 is 1.89 bits per heavy atom. The third-order valence-electron chi connectivity index (χ3n) is 3.85. The Hall–Kier alpha value is -0.900. The monoisotopic (exact) mass is 252 g/mol. The largest absolute Gasteiger partial charge is 0.307 e. The molecule has 0 saturated carbocycles. The summed E-state index contributed by atoms with van der Waals surface area (Å²) in [6, 6.07) is 0.0524. The molecule has 2 saturated heterocycles. The Morgan fingerprint density at radius 1 is 1.00 bits per heavy atom. The predicted molar refractivity (Wildman–Crippen MR) is 70.0 cm³/mol. The number of piperidine rings is 2. The SMILES string of the molecule is CC1(C)CC(N2C(=O)CCCC2=O)CC(C)(C)N1. The van der Waals surface area contributed by atoms with Gasteiger partial charge in [-0.2, -0.15) is 0 Å². The number of likely N-dealkylation sites (tertiary alicyclic amines) is 1. The average Bonchev–Trinajstić information content (AvgIpc) is 2.11. The highest BCUT2D eigenvalue weighted by Crippen LogP contribution is 2.33. The van der Waals surface area contributed by atoms with E-state index in [2.05, 4.69) is 33.0 Å². The number of nitrogens with zero attached hydrogens (tertiary/aromatic N) is 1. The van der Waals surface area contributed by atoms with Gasteiger partial charge < -0.3 is 5.32 Å². The highest BCUT2D eigenvalue weighted by molar-refractivity contribution is 5.97. The van der Waals surface area contributed by atoms with Crippen LogP contribution in [0.1, 0.15) is 59.8 Å². The predicted octanol–water partition coefficient (Wildman–Crippen LogP) is 1.83. The first kappa shape index (κ1) is 13.5. The lowest BCUT2D eigenvalue weighted by molar-refractivity contribution is -0.152. The van der Waals surface area contributed by atoms with E-state index in [0.717, 1.165) is 12.8 Å². The van der Waals surface area contributed by atoms with E-state index in [0.29, 0.717) is 19.3 Å². The van der Waals surface area contributed by atoms with Gasteiger partial charge in [-0.05, 0) is 47.0 Å². The van der Waals surface area contributed by atoms with Crippen LogP contribution in [-0.2, 0) is 9.59 Å². The van der Waals surface area contributed by atoms with E-state index in [1.807, 2.05) is 0 Å². The second kappa shape index (κ2) is 4.34. The van der Waals surface area contributed by atoms with Crippen molar-refractivity contribution in [2.75, 3.05) is 0 Å². The molecule has 0 aliphatic carbocycles. The number of nitrogens with one attached hydrogen (secondary N) is 1. The first-order chi connectivity index (χ1) is 8.20. The van der Waals surface area contributed by atoms with Gasteiger partial charge in [0, 0.05) is 30.0 Å². The molecule has 2 aliphatic heterocycles. The van der Waals surface area contributed by atoms with Gasteiger partial charge in [-0.25, -0.2) is 0 Å². The number of imide groups is 1. The summed E-state index contributed by atoms with van der Waals surface area (Å²) in [6.07, 6.45) is 3.45. The summed E-state index contributed by atoms with van der Waals surface area (Å²) < 4.78 is 0. The second-order valence-corrected chi connectivity index (χ2v) is 6.97. The molecule has 0 unspecified atom stereocenters. The molecule has 102 valence electrons. The van der Waals surface area contributed by atoms with Crippen LogP contribution in [0.15, 0.2) is 0 Å². The fourth-order valence-electron chi connectivity index (χ4n) is 3.63. The van der Waals surface area contributed by atoms with Gasteiger partial charge in [0.05, 0.1) is 0 Å². The molecule has 2 heterocycles. The molecule has 2 rings (SSSR count). The minimum atomic E-state index is -0.0373. The maximum absolute atomic E-state index is 12.0. The lowest BCUT2D eigenvalue weighted by atomic mass is 9.78. The molecule has 0 bridgehead atoms. The zero-order chi connectivity index (χ0) is 13.6. The maximum Gasteiger partial charge on any atom is 0.229 e. The van der Waals surface area contributed by atoms with Crippen molar-refractivity contribution < 1.29 is 9.59 Å². The highest BCUT2D eigenvalue weighted by Gasteiger charge is 2.43. The van der Waals surface area contributed by atoms with Gasteiger partial charge in [-0.1, -0.05) is 0 Å². The van der Waals surface area contributed by atoms with Crippen molar-refractivity contribution in [3.05, 3.63) is 0 Å². The molecule has 0 radical (unpaired) electrons. The van der Waals surface area contributed by atoms with E-state index in [1.54, 1.807) is 4.90 Å². The molecular weight excluding hydrogens is 228 g/mol. The van der Waals surface area contributed by atoms with Crippen molar-refractivity contribution in [1.29, 1.82) is 0 Å². The summed E-state index contributed by atoms with van der Waals surface area (Å²) in [6.45, 7) is 8.55. The van der Waals surface area contributed by atoms with Crippen LogP contribution >= 0.6 is 0 Å². The first-order valence-electron chi connectivity index (χ1n) is 6.84. The fourth-order valence-corrected chi connectivity index (χ4v) is 3.63. The third-order valence-corrected chi connectivity index (χ3v) is 3.85. The van der Waals surface area contributed by atoms with Crippen LogP contribution in [0.4, 0.5) is 0 Å². The Bertz CT molecular complexity index is 342. The Kier molecular flexibility index (Phi) is 3.26. The molecule has 0 aromatic heterocycles. The van der Waals surface area contributed by atoms with Crippen molar-refractivity contribution in [2.24, 2.45) is 0 Å². The lowest BCUT2D eigenvalue weighted by Gasteiger charge is -2.49. The Labute approximate surface area is 109 Å². The van der Waals surface area contributed by atoms with Gasteiger partial charge in [-0.15, -0.1) is 0 Å². The normalized spacial score (nSPS) is 28.6. The summed E-state index contributed by atoms with van der Waals surface area (Å²) in [5, 5.41) is 3.58. The van der Waals surface area contributed by atoms with Gasteiger partial charge >= 0.3 is 0 Å². The standard InChI is InChI=1S/C14H24N2O2/c1-13(2)8-10(9-14(3,4)15-13)16-11(17)6-5-7-12(16)18/h10,15H,5-9H2,1-4H3. The summed E-state index contributed by atoms with van der Waals surface area (Å²) >= 11 is 0. The maximum atomic E-state index is 12.0. The van der Waals surface area contributed by atoms with Gasteiger partial charge in [0.25, 0.3) is 0 Å². The van der Waals surface area contributed by atoms with Crippen LogP contribution in [0.2, 0.25) is 0 Å². The molecule has 2 fully saturated rings. The van der Waals surface area contributed by atoms with Crippen molar-refractivity contribution >= 4 is 11.8 Å². The number of carbonyl (C=O) groups is 2. The molecule has 2 aliphatic rings. The lowest BCUT2D eigenvalue weighted by Crippen LogP contribution is -2.64. The fraction of sp³-hybridized carbons (Fsp3) is 0.857. The zero-order valence-electron chi connectivity index (χ0n) is 11.9. The number of amides is 2. The quantitative estimate of drug-likeness (QED) is 0.724. The van der Waals surface area contributed by atoms with E-state index in [9.17, 15) is 9.59 Å².